The number of carbonyl (C=O) groups excluding carboxylic acids is 1. The van der Waals surface area contributed by atoms with Crippen LogP contribution in [0.1, 0.15) is 16.8 Å². The van der Waals surface area contributed by atoms with Gasteiger partial charge in [0.25, 0.3) is 11.6 Å². The molecular weight excluding hydrogens is 300 g/mol. The third kappa shape index (κ3) is 3.38. The molecule has 1 aliphatic carbocycles. The highest BCUT2D eigenvalue weighted by atomic mass is 35.5. The molecule has 2 unspecified atom stereocenters. The molecular formula is C13H11ClN2O5. The summed E-state index contributed by atoms with van der Waals surface area (Å²) < 4.78 is 0. The first kappa shape index (κ1) is 15.0. The van der Waals surface area contributed by atoms with Crippen molar-refractivity contribution < 1.29 is 19.6 Å². The van der Waals surface area contributed by atoms with Crippen LogP contribution in [0.2, 0.25) is 5.02 Å². The fourth-order valence-electron chi connectivity index (χ4n) is 2.04. The van der Waals surface area contributed by atoms with E-state index in [1.54, 1.807) is 6.08 Å². The number of hydrogen-bond donors (Lipinski definition) is 2. The molecule has 2 rings (SSSR count). The van der Waals surface area contributed by atoms with Gasteiger partial charge in [0.15, 0.2) is 0 Å². The second-order valence-electron chi connectivity index (χ2n) is 4.57. The number of halogens is 1. The minimum Gasteiger partial charge on any atom is -0.481 e. The number of aliphatic carboxylic acids is 1. The van der Waals surface area contributed by atoms with Crippen LogP contribution in [-0.4, -0.2) is 27.9 Å². The number of carbonyl (C=O) groups is 2. The highest BCUT2D eigenvalue weighted by Crippen LogP contribution is 2.25. The lowest BCUT2D eigenvalue weighted by Crippen LogP contribution is -2.33. The highest BCUT2D eigenvalue weighted by molar-refractivity contribution is 6.33. The average Bonchev–Trinajstić information content (AvgIpc) is 2.86. The van der Waals surface area contributed by atoms with E-state index in [2.05, 4.69) is 5.32 Å². The molecule has 110 valence electrons. The summed E-state index contributed by atoms with van der Waals surface area (Å²) in [5, 5.41) is 22.0. The first-order chi connectivity index (χ1) is 9.88. The molecule has 0 heterocycles. The molecule has 21 heavy (non-hydrogen) atoms. The Morgan fingerprint density at radius 2 is 2.10 bits per heavy atom. The second kappa shape index (κ2) is 5.92. The number of rotatable bonds is 4. The minimum atomic E-state index is -0.943. The molecule has 0 aliphatic heterocycles. The van der Waals surface area contributed by atoms with Crippen LogP contribution in [0.4, 0.5) is 5.69 Å². The number of nitrogens with zero attached hydrogens (tertiary/aromatic N) is 1. The van der Waals surface area contributed by atoms with Gasteiger partial charge in [-0.3, -0.25) is 19.7 Å². The summed E-state index contributed by atoms with van der Waals surface area (Å²) in [6.07, 6.45) is 3.42. The maximum atomic E-state index is 12.0. The first-order valence-corrected chi connectivity index (χ1v) is 6.42. The Balaban J connectivity index is 2.05. The molecule has 0 saturated heterocycles. The topological polar surface area (TPSA) is 110 Å². The molecule has 0 bridgehead atoms. The lowest BCUT2D eigenvalue weighted by atomic mass is 10.1. The van der Waals surface area contributed by atoms with Crippen molar-refractivity contribution in [1.82, 2.24) is 5.32 Å². The fourth-order valence-corrected chi connectivity index (χ4v) is 2.29. The monoisotopic (exact) mass is 310 g/mol. The molecule has 1 aliphatic rings. The van der Waals surface area contributed by atoms with E-state index < -0.39 is 22.7 Å². The number of hydrogen-bond acceptors (Lipinski definition) is 4. The standard InChI is InChI=1S/C13H11ClN2O5/c14-10-6-7(2-4-11(10)16(20)21)12(17)15-9-3-1-8(5-9)13(18)19/h1-4,6,8-9H,5H2,(H,15,17)(H,18,19). The van der Waals surface area contributed by atoms with Crippen molar-refractivity contribution in [2.45, 2.75) is 12.5 Å². The lowest BCUT2D eigenvalue weighted by Gasteiger charge is -2.12. The van der Waals surface area contributed by atoms with E-state index in [-0.39, 0.29) is 28.7 Å². The number of carboxylic acids is 1. The fraction of sp³-hybridized carbons (Fsp3) is 0.231. The Morgan fingerprint density at radius 3 is 2.62 bits per heavy atom. The van der Waals surface area contributed by atoms with Gasteiger partial charge in [0.2, 0.25) is 0 Å². The van der Waals surface area contributed by atoms with Gasteiger partial charge in [-0.05, 0) is 18.6 Å². The molecule has 2 N–H and O–H groups in total. The predicted octanol–water partition coefficient (Wildman–Crippen LogP) is 2.01. The molecule has 0 spiro atoms. The molecule has 1 aromatic carbocycles. The molecule has 1 aromatic rings. The van der Waals surface area contributed by atoms with Crippen molar-refractivity contribution in [3.63, 3.8) is 0 Å². The smallest absolute Gasteiger partial charge is 0.310 e. The minimum absolute atomic E-state index is 0.127. The zero-order valence-corrected chi connectivity index (χ0v) is 11.4. The number of nitro groups is 1. The van der Waals surface area contributed by atoms with Crippen LogP contribution < -0.4 is 5.32 Å². The van der Waals surface area contributed by atoms with Crippen LogP contribution in [0.15, 0.2) is 30.4 Å². The van der Waals surface area contributed by atoms with Gasteiger partial charge in [0, 0.05) is 17.7 Å². The van der Waals surface area contributed by atoms with E-state index in [0.29, 0.717) is 0 Å². The summed E-state index contributed by atoms with van der Waals surface area (Å²) in [4.78, 5) is 32.8. The summed E-state index contributed by atoms with van der Waals surface area (Å²) in [7, 11) is 0. The van der Waals surface area contributed by atoms with E-state index >= 15 is 0 Å². The summed E-state index contributed by atoms with van der Waals surface area (Å²) >= 11 is 5.74. The Labute approximate surface area is 124 Å². The first-order valence-electron chi connectivity index (χ1n) is 6.04. The van der Waals surface area contributed by atoms with E-state index in [4.69, 9.17) is 16.7 Å². The van der Waals surface area contributed by atoms with Gasteiger partial charge in [-0.15, -0.1) is 0 Å². The zero-order chi connectivity index (χ0) is 15.6. The summed E-state index contributed by atoms with van der Waals surface area (Å²) in [6, 6.07) is 3.28. The Kier molecular flexibility index (Phi) is 4.23. The van der Waals surface area contributed by atoms with Crippen molar-refractivity contribution in [2.24, 2.45) is 5.92 Å². The van der Waals surface area contributed by atoms with Gasteiger partial charge >= 0.3 is 5.97 Å². The highest BCUT2D eigenvalue weighted by Gasteiger charge is 2.26. The molecule has 8 heteroatoms. The molecule has 1 amide bonds. The lowest BCUT2D eigenvalue weighted by molar-refractivity contribution is -0.384. The Bertz CT molecular complexity index is 643. The molecule has 0 saturated carbocycles. The number of carboxylic acid groups (broad SMARTS) is 1. The van der Waals surface area contributed by atoms with Crippen molar-refractivity contribution in [1.29, 1.82) is 0 Å². The van der Waals surface area contributed by atoms with E-state index in [1.807, 2.05) is 0 Å². The van der Waals surface area contributed by atoms with Crippen LogP contribution in [0.3, 0.4) is 0 Å². The Hall–Kier alpha value is -2.41. The number of nitrogens with one attached hydrogen (secondary N) is 1. The van der Waals surface area contributed by atoms with Gasteiger partial charge in [-0.2, -0.15) is 0 Å². The quantitative estimate of drug-likeness (QED) is 0.502. The molecule has 7 nitrogen and oxygen atoms in total. The average molecular weight is 311 g/mol. The maximum absolute atomic E-state index is 12.0. The maximum Gasteiger partial charge on any atom is 0.310 e. The van der Waals surface area contributed by atoms with Gasteiger partial charge in [0.05, 0.1) is 10.8 Å². The third-order valence-corrected chi connectivity index (χ3v) is 3.43. The summed E-state index contributed by atoms with van der Waals surface area (Å²) in [5.41, 5.74) is -0.0994. The van der Waals surface area contributed by atoms with Crippen LogP contribution in [0.25, 0.3) is 0 Å². The normalized spacial score (nSPS) is 20.2. The third-order valence-electron chi connectivity index (χ3n) is 3.12. The largest absolute Gasteiger partial charge is 0.481 e. The van der Waals surface area contributed by atoms with Crippen molar-refractivity contribution in [2.75, 3.05) is 0 Å². The van der Waals surface area contributed by atoms with Crippen LogP contribution in [0.5, 0.6) is 0 Å². The SMILES string of the molecule is O=C(NC1C=CC(C(=O)O)C1)c1ccc([N+](=O)[O-])c(Cl)c1. The summed E-state index contributed by atoms with van der Waals surface area (Å²) in [5.74, 6) is -2.02. The van der Waals surface area contributed by atoms with Crippen LogP contribution in [0, 0.1) is 16.0 Å². The Morgan fingerprint density at radius 1 is 1.38 bits per heavy atom. The number of nitro benzene ring substituents is 1. The van der Waals surface area contributed by atoms with Crippen LogP contribution >= 0.6 is 11.6 Å². The van der Waals surface area contributed by atoms with E-state index in [9.17, 15) is 19.7 Å². The second-order valence-corrected chi connectivity index (χ2v) is 4.98. The van der Waals surface area contributed by atoms with Gasteiger partial charge in [0.1, 0.15) is 5.02 Å². The van der Waals surface area contributed by atoms with Crippen molar-refractivity contribution in [3.8, 4) is 0 Å². The molecule has 0 radical (unpaired) electrons. The number of benzene rings is 1. The van der Waals surface area contributed by atoms with E-state index in [1.165, 1.54) is 18.2 Å². The van der Waals surface area contributed by atoms with Crippen molar-refractivity contribution >= 4 is 29.2 Å². The van der Waals surface area contributed by atoms with E-state index in [0.717, 1.165) is 6.07 Å². The van der Waals surface area contributed by atoms with Crippen molar-refractivity contribution in [3.05, 3.63) is 51.1 Å². The molecule has 2 atom stereocenters. The summed E-state index contributed by atoms with van der Waals surface area (Å²) in [6.45, 7) is 0. The van der Waals surface area contributed by atoms with Gasteiger partial charge < -0.3 is 10.4 Å². The molecule has 0 fully saturated rings. The van der Waals surface area contributed by atoms with Gasteiger partial charge in [-0.25, -0.2) is 0 Å². The molecule has 0 aromatic heterocycles. The predicted molar refractivity (Wildman–Crippen MR) is 74.2 cm³/mol. The number of amides is 1. The van der Waals surface area contributed by atoms with Crippen LogP contribution in [-0.2, 0) is 4.79 Å². The zero-order valence-electron chi connectivity index (χ0n) is 10.7. The van der Waals surface area contributed by atoms with Gasteiger partial charge in [-0.1, -0.05) is 23.8 Å².